The molecule has 2 aliphatic heterocycles. The summed E-state index contributed by atoms with van der Waals surface area (Å²) in [5, 5.41) is 6.75. The van der Waals surface area contributed by atoms with E-state index in [9.17, 15) is 36.7 Å². The van der Waals surface area contributed by atoms with E-state index in [1.807, 2.05) is 0 Å². The number of aliphatic imine (C=N–C) groups is 1. The normalized spacial score (nSPS) is 21.9. The maximum absolute atomic E-state index is 14.9. The highest BCUT2D eigenvalue weighted by atomic mass is 32.2. The third kappa shape index (κ3) is 7.12. The molecule has 4 amide bonds. The molecule has 1 saturated heterocycles. The summed E-state index contributed by atoms with van der Waals surface area (Å²) in [6.45, 7) is -2.32. The zero-order valence-corrected chi connectivity index (χ0v) is 26.0. The molecular weight excluding hydrogens is 646 g/mol. The lowest BCUT2D eigenvalue weighted by molar-refractivity contribution is -0.160. The van der Waals surface area contributed by atoms with Gasteiger partial charge < -0.3 is 30.7 Å². The summed E-state index contributed by atoms with van der Waals surface area (Å²) < 4.78 is 65.0. The van der Waals surface area contributed by atoms with Crippen molar-refractivity contribution in [3.05, 3.63) is 70.1 Å². The van der Waals surface area contributed by atoms with E-state index in [1.165, 1.54) is 48.2 Å². The van der Waals surface area contributed by atoms with Gasteiger partial charge in [0.25, 0.3) is 11.8 Å². The Hall–Kier alpha value is -4.44. The van der Waals surface area contributed by atoms with Crippen molar-refractivity contribution in [2.75, 3.05) is 20.2 Å². The van der Waals surface area contributed by atoms with Crippen molar-refractivity contribution in [2.24, 2.45) is 10.7 Å². The Bertz CT molecular complexity index is 1650. The highest BCUT2D eigenvalue weighted by Gasteiger charge is 2.45. The average molecular weight is 678 g/mol. The lowest BCUT2D eigenvalue weighted by Gasteiger charge is -2.27. The molecule has 1 unspecified atom stereocenters. The van der Waals surface area contributed by atoms with Crippen molar-refractivity contribution >= 4 is 41.4 Å². The van der Waals surface area contributed by atoms with Gasteiger partial charge in [-0.25, -0.2) is 4.79 Å². The predicted molar refractivity (Wildman–Crippen MR) is 164 cm³/mol. The number of hydrogen-bond donors (Lipinski definition) is 3. The number of hydrogen-bond acceptors (Lipinski definition) is 7. The summed E-state index contributed by atoms with van der Waals surface area (Å²) in [7, 11) is 1.16. The summed E-state index contributed by atoms with van der Waals surface area (Å²) in [4.78, 5) is 55.7. The summed E-state index contributed by atoms with van der Waals surface area (Å²) in [6.07, 6.45) is -1.84. The molecule has 47 heavy (non-hydrogen) atoms. The number of nitrogens with two attached hydrogens (primary N) is 1. The van der Waals surface area contributed by atoms with E-state index in [-0.39, 0.29) is 46.3 Å². The lowest BCUT2D eigenvalue weighted by Crippen LogP contribution is -2.52. The van der Waals surface area contributed by atoms with Crippen LogP contribution in [0.5, 0.6) is 0 Å². The van der Waals surface area contributed by atoms with Gasteiger partial charge in [-0.2, -0.15) is 22.6 Å². The number of amidine groups is 1. The molecule has 11 nitrogen and oxygen atoms in total. The van der Waals surface area contributed by atoms with E-state index in [2.05, 4.69) is 25.1 Å². The Morgan fingerprint density at radius 1 is 1.13 bits per heavy atom. The van der Waals surface area contributed by atoms with E-state index in [0.29, 0.717) is 17.6 Å². The number of thioether (sulfide) groups is 1. The molecule has 250 valence electrons. The number of methoxy groups -OCH3 is 1. The Kier molecular flexibility index (Phi) is 9.91. The van der Waals surface area contributed by atoms with Gasteiger partial charge in [0, 0.05) is 46.5 Å². The number of carbonyl (C=O) groups is 4. The smallest absolute Gasteiger partial charge is 0.435 e. The first kappa shape index (κ1) is 33.9. The fraction of sp³-hybridized carbons (Fsp3) is 0.387. The number of benzene rings is 2. The van der Waals surface area contributed by atoms with Gasteiger partial charge in [-0.3, -0.25) is 14.4 Å². The monoisotopic (exact) mass is 677 g/mol. The number of alkyl halides is 4. The summed E-state index contributed by atoms with van der Waals surface area (Å²) in [5.41, 5.74) is 6.56. The van der Waals surface area contributed by atoms with Crippen LogP contribution in [0.4, 0.5) is 22.4 Å². The minimum atomic E-state index is -3.22. The van der Waals surface area contributed by atoms with E-state index in [0.717, 1.165) is 12.0 Å². The second-order valence-electron chi connectivity index (χ2n) is 11.2. The Balaban J connectivity index is 1.22. The molecule has 3 aliphatic rings. The zero-order chi connectivity index (χ0) is 34.0. The molecule has 0 saturated carbocycles. The van der Waals surface area contributed by atoms with Crippen LogP contribution in [0.1, 0.15) is 41.3 Å². The molecule has 16 heteroatoms. The van der Waals surface area contributed by atoms with Crippen molar-refractivity contribution in [1.82, 2.24) is 15.5 Å². The van der Waals surface area contributed by atoms with Gasteiger partial charge in [0.05, 0.1) is 19.8 Å². The van der Waals surface area contributed by atoms with Crippen LogP contribution in [-0.4, -0.2) is 84.8 Å². The molecule has 1 fully saturated rings. The highest BCUT2D eigenvalue weighted by molar-refractivity contribution is 8.03. The highest BCUT2D eigenvalue weighted by Crippen LogP contribution is 2.51. The minimum absolute atomic E-state index is 0.0189. The number of halogens is 4. The first-order valence-corrected chi connectivity index (χ1v) is 15.4. The second kappa shape index (κ2) is 13.7. The van der Waals surface area contributed by atoms with Gasteiger partial charge in [-0.1, -0.05) is 30.3 Å². The van der Waals surface area contributed by atoms with Gasteiger partial charge >= 0.3 is 12.7 Å². The van der Waals surface area contributed by atoms with Crippen molar-refractivity contribution in [3.63, 3.8) is 0 Å². The van der Waals surface area contributed by atoms with E-state index >= 15 is 0 Å². The molecule has 1 aliphatic carbocycles. The number of fused-ring (bicyclic) bond motifs is 3. The van der Waals surface area contributed by atoms with Gasteiger partial charge in [0.1, 0.15) is 11.9 Å². The topological polar surface area (TPSA) is 152 Å². The maximum Gasteiger partial charge on any atom is 0.435 e. The van der Waals surface area contributed by atoms with E-state index < -0.39 is 61.1 Å². The van der Waals surface area contributed by atoms with Crippen molar-refractivity contribution in [1.29, 1.82) is 0 Å². The molecule has 0 spiro atoms. The van der Waals surface area contributed by atoms with Gasteiger partial charge in [-0.05, 0) is 42.0 Å². The van der Waals surface area contributed by atoms with Crippen LogP contribution < -0.4 is 16.4 Å². The molecule has 2 aromatic rings. The Labute approximate surface area is 270 Å². The minimum Gasteiger partial charge on any atom is -0.451 e. The maximum atomic E-state index is 14.9. The summed E-state index contributed by atoms with van der Waals surface area (Å²) in [6, 6.07) is 8.05. The van der Waals surface area contributed by atoms with Crippen molar-refractivity contribution in [2.45, 2.75) is 55.7 Å². The van der Waals surface area contributed by atoms with Crippen LogP contribution in [0.15, 0.2) is 58.4 Å². The number of carbonyl (C=O) groups excluding carboxylic acids is 4. The second-order valence-corrected chi connectivity index (χ2v) is 12.3. The third-order valence-electron chi connectivity index (χ3n) is 8.21. The molecule has 2 heterocycles. The van der Waals surface area contributed by atoms with Crippen LogP contribution in [-0.2, 0) is 25.0 Å². The number of likely N-dealkylation sites (tertiary alicyclic amines) is 1. The van der Waals surface area contributed by atoms with Crippen LogP contribution in [0.3, 0.4) is 0 Å². The Morgan fingerprint density at radius 2 is 1.85 bits per heavy atom. The molecule has 2 aromatic carbocycles. The van der Waals surface area contributed by atoms with Crippen LogP contribution in [0.2, 0.25) is 0 Å². The zero-order valence-electron chi connectivity index (χ0n) is 25.2. The summed E-state index contributed by atoms with van der Waals surface area (Å²) >= 11 is 1.35. The molecule has 0 bridgehead atoms. The lowest BCUT2D eigenvalue weighted by atomic mass is 10.0. The average Bonchev–Trinajstić information content (AvgIpc) is 3.75. The molecule has 0 aromatic heterocycles. The standard InChI is InChI=1S/C31H31F4N5O6S/c1-15(24-10-17(14-47-24)26(36)39-30(44)45-2)38-28(43)23-11-18(46-29(32)33)13-40(23)25(41)12-37-27(42)16-7-8-22-20(9-16)19-5-3-4-6-21(19)31(22,34)35/h3-9,14-15,18,23-24,29H,10-13H2,1-2H3,(H,37,42)(H,38,43)(H2,36,39,44)/t15-,18-,23+,24?/m1/s1. The first-order chi connectivity index (χ1) is 22.3. The van der Waals surface area contributed by atoms with Crippen molar-refractivity contribution in [3.8, 4) is 11.1 Å². The van der Waals surface area contributed by atoms with Gasteiger partial charge in [-0.15, -0.1) is 11.8 Å². The number of nitrogens with zero attached hydrogens (tertiary/aromatic N) is 2. The fourth-order valence-electron chi connectivity index (χ4n) is 5.82. The third-order valence-corrected chi connectivity index (χ3v) is 9.55. The van der Waals surface area contributed by atoms with Gasteiger partial charge in [0.2, 0.25) is 11.8 Å². The quantitative estimate of drug-likeness (QED) is 0.206. The van der Waals surface area contributed by atoms with E-state index in [4.69, 9.17) is 5.73 Å². The number of rotatable bonds is 9. The van der Waals surface area contributed by atoms with Crippen molar-refractivity contribution < 1.29 is 46.2 Å². The molecule has 0 radical (unpaired) electrons. The molecule has 5 rings (SSSR count). The van der Waals surface area contributed by atoms with Crippen LogP contribution in [0.25, 0.3) is 11.1 Å². The largest absolute Gasteiger partial charge is 0.451 e. The fourth-order valence-corrected chi connectivity index (χ4v) is 6.95. The first-order valence-electron chi connectivity index (χ1n) is 14.5. The summed E-state index contributed by atoms with van der Waals surface area (Å²) in [5.74, 6) is -5.30. The predicted octanol–water partition coefficient (Wildman–Crippen LogP) is 3.76. The van der Waals surface area contributed by atoms with Crippen LogP contribution in [0, 0.1) is 0 Å². The van der Waals surface area contributed by atoms with Crippen LogP contribution >= 0.6 is 11.8 Å². The number of nitrogens with one attached hydrogen (secondary N) is 2. The Morgan fingerprint density at radius 3 is 2.57 bits per heavy atom. The SMILES string of the molecule is COC(=O)/N=C(/N)C1=CSC([C@@H](C)NC(=O)[C@@H]2C[C@@H](OC(F)F)CN2C(=O)CNC(=O)c2ccc3c(c2)-c2ccccc2C3(F)F)C1. The van der Waals surface area contributed by atoms with E-state index in [1.54, 1.807) is 18.4 Å². The van der Waals surface area contributed by atoms with Gasteiger partial charge in [0.15, 0.2) is 0 Å². The molecule has 4 N–H and O–H groups in total. The molecular formula is C31H31F4N5O6S. The molecule has 4 atom stereocenters. The number of amides is 4. The number of ether oxygens (including phenoxy) is 2.